The van der Waals surface area contributed by atoms with E-state index in [1.165, 1.54) is 0 Å². The van der Waals surface area contributed by atoms with Gasteiger partial charge in [-0.15, -0.1) is 0 Å². The zero-order chi connectivity index (χ0) is 22.0. The van der Waals surface area contributed by atoms with E-state index in [2.05, 4.69) is 0 Å². The first-order valence-electron chi connectivity index (χ1n) is 9.97. The summed E-state index contributed by atoms with van der Waals surface area (Å²) in [6.07, 6.45) is 0.0200. The first-order valence-corrected chi connectivity index (χ1v) is 9.97. The second-order valence-corrected chi connectivity index (χ2v) is 5.88. The van der Waals surface area contributed by atoms with Crippen LogP contribution >= 0.6 is 0 Å². The molecule has 0 heterocycles. The molecule has 0 saturated heterocycles. The van der Waals surface area contributed by atoms with E-state index in [4.69, 9.17) is 48.5 Å². The molecule has 0 aliphatic heterocycles. The first kappa shape index (κ1) is 30.8. The molecule has 178 valence electrons. The van der Waals surface area contributed by atoms with Gasteiger partial charge in [-0.25, -0.2) is 0 Å². The Kier molecular flexibility index (Phi) is 29.3. The maximum Gasteiger partial charge on any atom is 0.0779 e. The lowest BCUT2D eigenvalue weighted by Crippen LogP contribution is -2.21. The minimum atomic E-state index is -0.0856. The molecule has 0 aromatic carbocycles. The van der Waals surface area contributed by atoms with Crippen molar-refractivity contribution in [2.45, 2.75) is 26.1 Å². The number of ether oxygens (including phenoxy) is 7. The maximum absolute atomic E-state index is 8.55. The summed E-state index contributed by atoms with van der Waals surface area (Å²) in [5.74, 6) is 0. The van der Waals surface area contributed by atoms with Crippen molar-refractivity contribution in [2.24, 2.45) is 0 Å². The van der Waals surface area contributed by atoms with Crippen molar-refractivity contribution in [1.82, 2.24) is 0 Å². The number of methoxy groups -OCH3 is 1. The summed E-state index contributed by atoms with van der Waals surface area (Å²) in [7, 11) is 1.64. The van der Waals surface area contributed by atoms with Gasteiger partial charge in [0.25, 0.3) is 0 Å². The molecule has 0 bridgehead atoms. The molecule has 0 fully saturated rings. The summed E-state index contributed by atoms with van der Waals surface area (Å²) in [6, 6.07) is 0. The van der Waals surface area contributed by atoms with Crippen molar-refractivity contribution in [2.75, 3.05) is 99.6 Å². The molecular formula is C19H42O10. The van der Waals surface area contributed by atoms with Crippen LogP contribution < -0.4 is 0 Å². The highest BCUT2D eigenvalue weighted by Gasteiger charge is 2.03. The maximum atomic E-state index is 8.55. The Balaban J connectivity index is 0. The summed E-state index contributed by atoms with van der Waals surface area (Å²) < 4.78 is 35.9. The molecule has 0 radical (unpaired) electrons. The van der Waals surface area contributed by atoms with E-state index >= 15 is 0 Å². The Hall–Kier alpha value is -0.400. The highest BCUT2D eigenvalue weighted by molar-refractivity contribution is 4.49. The third-order valence-electron chi connectivity index (χ3n) is 3.23. The van der Waals surface area contributed by atoms with Crippen LogP contribution in [-0.2, 0) is 33.2 Å². The van der Waals surface area contributed by atoms with Gasteiger partial charge in [0.05, 0.1) is 105 Å². The average molecular weight is 431 g/mol. The van der Waals surface area contributed by atoms with E-state index in [0.29, 0.717) is 72.7 Å². The van der Waals surface area contributed by atoms with Gasteiger partial charge in [0.15, 0.2) is 0 Å². The van der Waals surface area contributed by atoms with E-state index in [-0.39, 0.29) is 32.0 Å². The minimum absolute atomic E-state index is 0.0359. The van der Waals surface area contributed by atoms with Gasteiger partial charge in [-0.2, -0.15) is 0 Å². The van der Waals surface area contributed by atoms with E-state index < -0.39 is 0 Å². The minimum Gasteiger partial charge on any atom is -0.394 e. The second kappa shape index (κ2) is 27.6. The summed E-state index contributed by atoms with van der Waals surface area (Å²) in [5, 5.41) is 25.5. The Morgan fingerprint density at radius 1 is 0.552 bits per heavy atom. The molecule has 2 atom stereocenters. The second-order valence-electron chi connectivity index (χ2n) is 5.88. The van der Waals surface area contributed by atoms with E-state index in [9.17, 15) is 0 Å². The molecule has 0 saturated carbocycles. The Labute approximate surface area is 174 Å². The topological polar surface area (TPSA) is 125 Å². The van der Waals surface area contributed by atoms with Gasteiger partial charge in [0.1, 0.15) is 0 Å². The van der Waals surface area contributed by atoms with Gasteiger partial charge in [0, 0.05) is 7.11 Å². The van der Waals surface area contributed by atoms with Gasteiger partial charge in [-0.1, -0.05) is 0 Å². The summed E-state index contributed by atoms with van der Waals surface area (Å²) in [4.78, 5) is 0. The van der Waals surface area contributed by atoms with Crippen LogP contribution in [0.5, 0.6) is 0 Å². The van der Waals surface area contributed by atoms with Crippen LogP contribution in [0.4, 0.5) is 0 Å². The SMILES string of the molecule is COC(C)COC(C)CO.OCCOCCOCCOCCOCCOCCO. The van der Waals surface area contributed by atoms with Crippen LogP contribution in [0.15, 0.2) is 0 Å². The van der Waals surface area contributed by atoms with Crippen LogP contribution in [0.3, 0.4) is 0 Å². The molecule has 3 N–H and O–H groups in total. The van der Waals surface area contributed by atoms with Gasteiger partial charge >= 0.3 is 0 Å². The average Bonchev–Trinajstić information content (AvgIpc) is 2.74. The van der Waals surface area contributed by atoms with Crippen molar-refractivity contribution in [1.29, 1.82) is 0 Å². The zero-order valence-electron chi connectivity index (χ0n) is 18.3. The van der Waals surface area contributed by atoms with Gasteiger partial charge < -0.3 is 48.5 Å². The molecule has 10 heteroatoms. The molecule has 0 aliphatic rings. The van der Waals surface area contributed by atoms with Crippen molar-refractivity contribution in [3.8, 4) is 0 Å². The van der Waals surface area contributed by atoms with Crippen LogP contribution in [0, 0.1) is 0 Å². The lowest BCUT2D eigenvalue weighted by atomic mass is 10.4. The number of hydrogen-bond donors (Lipinski definition) is 3. The number of aliphatic hydroxyl groups is 3. The predicted octanol–water partition coefficient (Wildman–Crippen LogP) is -0.527. The lowest BCUT2D eigenvalue weighted by Gasteiger charge is -2.13. The molecule has 0 aromatic rings. The van der Waals surface area contributed by atoms with Crippen LogP contribution in [0.1, 0.15) is 13.8 Å². The number of rotatable bonds is 21. The van der Waals surface area contributed by atoms with Crippen LogP contribution in [0.25, 0.3) is 0 Å². The van der Waals surface area contributed by atoms with Gasteiger partial charge in [0.2, 0.25) is 0 Å². The third-order valence-corrected chi connectivity index (χ3v) is 3.23. The van der Waals surface area contributed by atoms with E-state index in [1.807, 2.05) is 13.8 Å². The molecule has 0 rings (SSSR count). The molecular weight excluding hydrogens is 388 g/mol. The molecule has 10 nitrogen and oxygen atoms in total. The predicted molar refractivity (Wildman–Crippen MR) is 107 cm³/mol. The fourth-order valence-electron chi connectivity index (χ4n) is 1.53. The fraction of sp³-hybridized carbons (Fsp3) is 1.00. The highest BCUT2D eigenvalue weighted by atomic mass is 16.6. The largest absolute Gasteiger partial charge is 0.394 e. The smallest absolute Gasteiger partial charge is 0.0779 e. The third kappa shape index (κ3) is 29.9. The van der Waals surface area contributed by atoms with Crippen molar-refractivity contribution in [3.05, 3.63) is 0 Å². The van der Waals surface area contributed by atoms with Crippen molar-refractivity contribution >= 4 is 0 Å². The fourth-order valence-corrected chi connectivity index (χ4v) is 1.53. The molecule has 2 unspecified atom stereocenters. The van der Waals surface area contributed by atoms with Gasteiger partial charge in [-0.3, -0.25) is 0 Å². The molecule has 29 heavy (non-hydrogen) atoms. The Morgan fingerprint density at radius 3 is 1.17 bits per heavy atom. The number of aliphatic hydroxyl groups excluding tert-OH is 3. The summed E-state index contributed by atoms with van der Waals surface area (Å²) in [6.45, 7) is 9.15. The van der Waals surface area contributed by atoms with E-state index in [1.54, 1.807) is 7.11 Å². The van der Waals surface area contributed by atoms with Crippen LogP contribution in [-0.4, -0.2) is 127 Å². The Morgan fingerprint density at radius 2 is 0.897 bits per heavy atom. The number of hydrogen-bond acceptors (Lipinski definition) is 10. The van der Waals surface area contributed by atoms with Crippen molar-refractivity contribution < 1.29 is 48.5 Å². The first-order chi connectivity index (χ1) is 14.1. The molecule has 0 aromatic heterocycles. The van der Waals surface area contributed by atoms with Crippen LogP contribution in [0.2, 0.25) is 0 Å². The molecule has 0 aliphatic carbocycles. The normalized spacial score (nSPS) is 13.0. The zero-order valence-corrected chi connectivity index (χ0v) is 18.3. The standard InChI is InChI=1S/C12H26O7.C7H16O3/c13-1-3-15-5-7-17-9-11-19-12-10-18-8-6-16-4-2-14;1-6(4-8)10-5-7(2)9-3/h13-14H,1-12H2;6-8H,4-5H2,1-3H3. The monoisotopic (exact) mass is 430 g/mol. The summed E-state index contributed by atoms with van der Waals surface area (Å²) >= 11 is 0. The van der Waals surface area contributed by atoms with E-state index in [0.717, 1.165) is 0 Å². The molecule has 0 spiro atoms. The Bertz CT molecular complexity index is 258. The quantitative estimate of drug-likeness (QED) is 0.205. The lowest BCUT2D eigenvalue weighted by molar-refractivity contribution is -0.0313. The summed E-state index contributed by atoms with van der Waals surface area (Å²) in [5.41, 5.74) is 0. The van der Waals surface area contributed by atoms with Gasteiger partial charge in [-0.05, 0) is 13.8 Å². The highest BCUT2D eigenvalue weighted by Crippen LogP contribution is 1.93. The van der Waals surface area contributed by atoms with Crippen molar-refractivity contribution in [3.63, 3.8) is 0 Å². The molecule has 0 amide bonds.